The van der Waals surface area contributed by atoms with Gasteiger partial charge in [0.15, 0.2) is 11.5 Å². The maximum absolute atomic E-state index is 12.1. The lowest BCUT2D eigenvalue weighted by Crippen LogP contribution is -2.38. The smallest absolute Gasteiger partial charge is 0.323 e. The van der Waals surface area contributed by atoms with E-state index in [0.29, 0.717) is 30.1 Å². The summed E-state index contributed by atoms with van der Waals surface area (Å²) in [5.74, 6) is -0.254. The zero-order valence-electron chi connectivity index (χ0n) is 16.9. The normalized spacial score (nSPS) is 14.8. The first-order valence-corrected chi connectivity index (χ1v) is 10.8. The van der Waals surface area contributed by atoms with Gasteiger partial charge in [-0.15, -0.1) is 0 Å². The number of anilines is 1. The van der Waals surface area contributed by atoms with Crippen LogP contribution >= 0.6 is 8.18 Å². The molecule has 0 bridgehead atoms. The molecule has 0 aromatic carbocycles. The Morgan fingerprint density at radius 3 is 2.79 bits per heavy atom. The summed E-state index contributed by atoms with van der Waals surface area (Å²) in [5.41, 5.74) is 6.85. The van der Waals surface area contributed by atoms with Crippen LogP contribution in [0.5, 0.6) is 0 Å². The van der Waals surface area contributed by atoms with Crippen molar-refractivity contribution < 1.29 is 23.7 Å². The van der Waals surface area contributed by atoms with Crippen molar-refractivity contribution in [2.75, 3.05) is 19.1 Å². The van der Waals surface area contributed by atoms with Crippen molar-refractivity contribution in [3.8, 4) is 0 Å². The van der Waals surface area contributed by atoms with E-state index in [1.165, 1.54) is 13.3 Å². The Kier molecular flexibility index (Phi) is 8.97. The summed E-state index contributed by atoms with van der Waals surface area (Å²) in [7, 11) is -3.15. The number of nitrogen functional groups attached to an aromatic ring is 1. The number of aromatic nitrogens is 4. The molecule has 0 fully saturated rings. The van der Waals surface area contributed by atoms with Gasteiger partial charge in [-0.05, 0) is 20.3 Å². The number of ether oxygens (including phenoxy) is 2. The Labute approximate surface area is 170 Å². The van der Waals surface area contributed by atoms with Crippen molar-refractivity contribution in [3.05, 3.63) is 12.7 Å². The van der Waals surface area contributed by atoms with Gasteiger partial charge in [0.25, 0.3) is 8.18 Å². The number of unbranched alkanes of at least 4 members (excludes halogenated alkanes) is 2. The Hall–Kier alpha value is -2.07. The van der Waals surface area contributed by atoms with Crippen LogP contribution < -0.4 is 5.73 Å². The lowest BCUT2D eigenvalue weighted by atomic mass is 10.3. The summed E-state index contributed by atoms with van der Waals surface area (Å²) in [4.78, 5) is 34.0. The average Bonchev–Trinajstić information content (AvgIpc) is 3.09. The molecule has 1 unspecified atom stereocenters. The molecule has 0 saturated heterocycles. The molecule has 2 rings (SSSR count). The molecule has 0 aliphatic rings. The number of rotatable bonds is 12. The number of nitrogens with two attached hydrogens (primary N) is 1. The monoisotopic (exact) mass is 428 g/mol. The third kappa shape index (κ3) is 6.46. The molecule has 0 aliphatic heterocycles. The Morgan fingerprint density at radius 2 is 2.10 bits per heavy atom. The molecule has 0 spiro atoms. The van der Waals surface area contributed by atoms with Gasteiger partial charge >= 0.3 is 5.97 Å². The highest BCUT2D eigenvalue weighted by Gasteiger charge is 2.27. The largest absolute Gasteiger partial charge is 0.465 e. The fourth-order valence-electron chi connectivity index (χ4n) is 2.67. The molecule has 0 aliphatic carbocycles. The minimum Gasteiger partial charge on any atom is -0.465 e. The quantitative estimate of drug-likeness (QED) is 0.221. The van der Waals surface area contributed by atoms with E-state index in [4.69, 9.17) is 15.2 Å². The molecule has 29 heavy (non-hydrogen) atoms. The van der Waals surface area contributed by atoms with Crippen LogP contribution in [0.1, 0.15) is 40.0 Å². The average molecular weight is 428 g/mol. The van der Waals surface area contributed by atoms with Crippen molar-refractivity contribution in [2.24, 2.45) is 0 Å². The van der Waals surface area contributed by atoms with Gasteiger partial charge in [-0.25, -0.2) is 15.0 Å². The first-order valence-electron chi connectivity index (χ1n) is 9.54. The summed E-state index contributed by atoms with van der Waals surface area (Å²) in [6, 6.07) is -0.887. The van der Waals surface area contributed by atoms with Gasteiger partial charge in [-0.3, -0.25) is 9.36 Å². The van der Waals surface area contributed by atoms with Crippen molar-refractivity contribution >= 4 is 31.1 Å². The number of nitrogens with zero attached hydrogens (tertiary/aromatic N) is 5. The molecule has 2 aromatic heterocycles. The molecular weight excluding hydrogens is 399 g/mol. The van der Waals surface area contributed by atoms with Crippen LogP contribution in [-0.4, -0.2) is 60.5 Å². The third-order valence-corrected chi connectivity index (χ3v) is 5.44. The van der Waals surface area contributed by atoms with Crippen molar-refractivity contribution in [2.45, 2.75) is 58.7 Å². The van der Waals surface area contributed by atoms with Gasteiger partial charge < -0.3 is 24.7 Å². The van der Waals surface area contributed by atoms with Crippen LogP contribution in [0.2, 0.25) is 0 Å². The highest BCUT2D eigenvalue weighted by molar-refractivity contribution is 7.35. The van der Waals surface area contributed by atoms with Crippen LogP contribution in [0, 0.1) is 0 Å². The van der Waals surface area contributed by atoms with Gasteiger partial charge in [0, 0.05) is 0 Å². The second kappa shape index (κ2) is 11.2. The van der Waals surface area contributed by atoms with Crippen LogP contribution in [0.3, 0.4) is 0 Å². The molecular formula is C17H29N6O5P. The van der Waals surface area contributed by atoms with Crippen molar-refractivity contribution in [1.82, 2.24) is 24.2 Å². The van der Waals surface area contributed by atoms with Crippen LogP contribution in [0.4, 0.5) is 5.82 Å². The highest BCUT2D eigenvalue weighted by Crippen LogP contribution is 2.25. The molecule has 0 radical (unpaired) electrons. The molecule has 12 heteroatoms. The van der Waals surface area contributed by atoms with E-state index in [1.54, 1.807) is 17.8 Å². The van der Waals surface area contributed by atoms with Crippen LogP contribution in [-0.2, 0) is 25.4 Å². The fourth-order valence-corrected chi connectivity index (χ4v) is 3.30. The maximum Gasteiger partial charge on any atom is 0.323 e. The molecule has 162 valence electrons. The molecule has 3 N–H and O–H groups in total. The van der Waals surface area contributed by atoms with E-state index in [2.05, 4.69) is 21.9 Å². The predicted molar refractivity (Wildman–Crippen MR) is 108 cm³/mol. The fraction of sp³-hybridized carbons (Fsp3) is 0.647. The van der Waals surface area contributed by atoms with Gasteiger partial charge in [0.1, 0.15) is 24.6 Å². The molecule has 3 atom stereocenters. The third-order valence-electron chi connectivity index (χ3n) is 4.43. The Bertz CT molecular complexity index is 832. The second-order valence-corrected chi connectivity index (χ2v) is 7.88. The van der Waals surface area contributed by atoms with Gasteiger partial charge in [0.05, 0.1) is 25.6 Å². The maximum atomic E-state index is 12.1. The number of carbonyl (C=O) groups is 1. The van der Waals surface area contributed by atoms with E-state index >= 15 is 0 Å². The lowest BCUT2D eigenvalue weighted by molar-refractivity contribution is -0.149. The van der Waals surface area contributed by atoms with Crippen molar-refractivity contribution in [3.63, 3.8) is 0 Å². The predicted octanol–water partition coefficient (Wildman–Crippen LogP) is 1.58. The number of imidazole rings is 1. The number of hydrogen-bond donors (Lipinski definition) is 2. The number of hydrogen-bond acceptors (Lipinski definition) is 8. The molecule has 0 amide bonds. The first-order chi connectivity index (χ1) is 13.8. The molecule has 2 aromatic rings. The van der Waals surface area contributed by atoms with E-state index < -0.39 is 20.2 Å². The van der Waals surface area contributed by atoms with Gasteiger partial charge in [-0.2, -0.15) is 4.67 Å². The number of carbonyl (C=O) groups excluding carboxylic acids is 1. The summed E-state index contributed by atoms with van der Waals surface area (Å²) in [6.07, 6.45) is 5.33. The van der Waals surface area contributed by atoms with E-state index in [9.17, 15) is 14.3 Å². The molecule has 0 saturated carbocycles. The Balaban J connectivity index is 1.91. The minimum absolute atomic E-state index is 0.190. The van der Waals surface area contributed by atoms with Crippen LogP contribution in [0.15, 0.2) is 12.7 Å². The van der Waals surface area contributed by atoms with E-state index in [1.807, 2.05) is 0 Å². The number of esters is 1. The minimum atomic E-state index is -3.15. The SMILES string of the molecule is CCCCCOC(=O)[C@H](C)N(CO[C@H](C)Cn1cnc2c(N)ncnc21)[PH](=O)O. The van der Waals surface area contributed by atoms with E-state index in [-0.39, 0.29) is 12.8 Å². The van der Waals surface area contributed by atoms with E-state index in [0.717, 1.165) is 23.9 Å². The van der Waals surface area contributed by atoms with Crippen molar-refractivity contribution in [1.29, 1.82) is 0 Å². The zero-order chi connectivity index (χ0) is 21.4. The van der Waals surface area contributed by atoms with Gasteiger partial charge in [-0.1, -0.05) is 19.8 Å². The second-order valence-electron chi connectivity index (χ2n) is 6.74. The highest BCUT2D eigenvalue weighted by atomic mass is 31.1. The standard InChI is InChI=1S/C17H29N6O5P/c1-4-5-6-7-27-17(24)13(3)23(29(25)26)11-28-12(2)8-22-10-21-14-15(18)19-9-20-16(14)22/h9-10,12-13,29H,4-8,11H2,1-3H3,(H,25,26)(H2,18,19,20)/t12-,13+/m1/s1. The summed E-state index contributed by atoms with van der Waals surface area (Å²) in [6.45, 7) is 5.88. The Morgan fingerprint density at radius 1 is 1.34 bits per heavy atom. The van der Waals surface area contributed by atoms with Crippen LogP contribution in [0.25, 0.3) is 11.2 Å². The number of fused-ring (bicyclic) bond motifs is 1. The zero-order valence-corrected chi connectivity index (χ0v) is 17.9. The molecule has 2 heterocycles. The molecule has 11 nitrogen and oxygen atoms in total. The summed E-state index contributed by atoms with van der Waals surface area (Å²) < 4.78 is 25.5. The first kappa shape index (κ1) is 23.2. The lowest BCUT2D eigenvalue weighted by Gasteiger charge is -2.26. The topological polar surface area (TPSA) is 146 Å². The summed E-state index contributed by atoms with van der Waals surface area (Å²) >= 11 is 0. The van der Waals surface area contributed by atoms with Gasteiger partial charge in [0.2, 0.25) is 0 Å². The summed E-state index contributed by atoms with van der Waals surface area (Å²) in [5, 5.41) is 0.